The van der Waals surface area contributed by atoms with E-state index in [0.717, 1.165) is 16.2 Å². The van der Waals surface area contributed by atoms with E-state index in [9.17, 15) is 0 Å². The van der Waals surface area contributed by atoms with Crippen molar-refractivity contribution < 1.29 is 0 Å². The van der Waals surface area contributed by atoms with Gasteiger partial charge in [-0.15, -0.1) is 11.8 Å². The number of imidazole rings is 1. The summed E-state index contributed by atoms with van der Waals surface area (Å²) in [5, 5.41) is 0. The summed E-state index contributed by atoms with van der Waals surface area (Å²) in [5.41, 5.74) is 2.18. The molecule has 0 atom stereocenters. The molecule has 0 spiro atoms. The normalized spacial score (nSPS) is 10.5. The Bertz CT molecular complexity index is 508. The molecule has 0 unspecified atom stereocenters. The minimum absolute atomic E-state index is 0.740. The van der Waals surface area contributed by atoms with Gasteiger partial charge in [-0.1, -0.05) is 0 Å². The summed E-state index contributed by atoms with van der Waals surface area (Å²) in [6.45, 7) is 2.00. The summed E-state index contributed by atoms with van der Waals surface area (Å²) in [6, 6.07) is 8.36. The van der Waals surface area contributed by atoms with Crippen molar-refractivity contribution in [2.75, 3.05) is 6.26 Å². The molecular weight excluding hydrogens is 224 g/mol. The highest BCUT2D eigenvalue weighted by Gasteiger charge is 1.99. The lowest BCUT2D eigenvalue weighted by Gasteiger charge is -2.02. The first-order valence-corrected chi connectivity index (χ1v) is 6.26. The Kier molecular flexibility index (Phi) is 2.98. The van der Waals surface area contributed by atoms with E-state index in [0.29, 0.717) is 0 Å². The minimum Gasteiger partial charge on any atom is -0.335 e. The molecule has 4 heteroatoms. The largest absolute Gasteiger partial charge is 0.335 e. The molecule has 78 valence electrons. The molecule has 0 saturated heterocycles. The number of hydrogen-bond acceptors (Lipinski definition) is 2. The van der Waals surface area contributed by atoms with Crippen molar-refractivity contribution in [3.05, 3.63) is 40.9 Å². The first kappa shape index (κ1) is 10.5. The van der Waals surface area contributed by atoms with Gasteiger partial charge in [0, 0.05) is 22.5 Å². The number of aromatic amines is 1. The summed E-state index contributed by atoms with van der Waals surface area (Å²) in [5.74, 6) is 0. The van der Waals surface area contributed by atoms with E-state index in [1.165, 1.54) is 4.90 Å². The predicted molar refractivity (Wildman–Crippen MR) is 67.5 cm³/mol. The van der Waals surface area contributed by atoms with Crippen LogP contribution in [0.15, 0.2) is 35.4 Å². The minimum atomic E-state index is 0.740. The van der Waals surface area contributed by atoms with E-state index in [-0.39, 0.29) is 0 Å². The molecule has 0 fully saturated rings. The third-order valence-corrected chi connectivity index (χ3v) is 3.24. The molecule has 1 heterocycles. The van der Waals surface area contributed by atoms with Gasteiger partial charge in [-0.25, -0.2) is 0 Å². The summed E-state index contributed by atoms with van der Waals surface area (Å²) in [7, 11) is 0. The molecule has 0 aliphatic heterocycles. The highest BCUT2D eigenvalue weighted by Crippen LogP contribution is 2.17. The Balaban J connectivity index is 2.45. The first-order chi connectivity index (χ1) is 7.20. The van der Waals surface area contributed by atoms with Gasteiger partial charge in [0.15, 0.2) is 4.77 Å². The summed E-state index contributed by atoms with van der Waals surface area (Å²) in [6.07, 6.45) is 4.08. The zero-order valence-electron chi connectivity index (χ0n) is 8.65. The Morgan fingerprint density at radius 3 is 2.40 bits per heavy atom. The van der Waals surface area contributed by atoms with Crippen molar-refractivity contribution in [2.24, 2.45) is 0 Å². The van der Waals surface area contributed by atoms with E-state index < -0.39 is 0 Å². The van der Waals surface area contributed by atoms with Crippen molar-refractivity contribution in [1.82, 2.24) is 9.55 Å². The molecule has 0 aliphatic rings. The third-order valence-electron chi connectivity index (χ3n) is 2.20. The van der Waals surface area contributed by atoms with E-state index >= 15 is 0 Å². The van der Waals surface area contributed by atoms with Crippen LogP contribution in [0.1, 0.15) is 5.69 Å². The van der Waals surface area contributed by atoms with Gasteiger partial charge in [-0.2, -0.15) is 0 Å². The van der Waals surface area contributed by atoms with E-state index in [1.54, 1.807) is 11.8 Å². The van der Waals surface area contributed by atoms with Crippen molar-refractivity contribution in [3.8, 4) is 5.69 Å². The second-order valence-electron chi connectivity index (χ2n) is 3.31. The summed E-state index contributed by atoms with van der Waals surface area (Å²) >= 11 is 6.96. The van der Waals surface area contributed by atoms with Crippen LogP contribution >= 0.6 is 24.0 Å². The maximum Gasteiger partial charge on any atom is 0.181 e. The van der Waals surface area contributed by atoms with Crippen molar-refractivity contribution >= 4 is 24.0 Å². The summed E-state index contributed by atoms with van der Waals surface area (Å²) in [4.78, 5) is 4.37. The highest BCUT2D eigenvalue weighted by molar-refractivity contribution is 7.98. The second kappa shape index (κ2) is 4.24. The van der Waals surface area contributed by atoms with E-state index in [4.69, 9.17) is 12.2 Å². The van der Waals surface area contributed by atoms with Gasteiger partial charge in [0.1, 0.15) is 0 Å². The van der Waals surface area contributed by atoms with E-state index in [2.05, 4.69) is 35.5 Å². The van der Waals surface area contributed by atoms with Gasteiger partial charge in [0.25, 0.3) is 0 Å². The highest BCUT2D eigenvalue weighted by atomic mass is 32.2. The monoisotopic (exact) mass is 236 g/mol. The number of nitrogens with one attached hydrogen (secondary N) is 1. The maximum atomic E-state index is 5.22. The topological polar surface area (TPSA) is 20.7 Å². The maximum absolute atomic E-state index is 5.22. The quantitative estimate of drug-likeness (QED) is 0.635. The molecule has 0 radical (unpaired) electrons. The van der Waals surface area contributed by atoms with Gasteiger partial charge < -0.3 is 4.98 Å². The molecule has 1 aromatic carbocycles. The average molecular weight is 236 g/mol. The van der Waals surface area contributed by atoms with Crippen LogP contribution in [0.4, 0.5) is 0 Å². The van der Waals surface area contributed by atoms with Crippen molar-refractivity contribution in [2.45, 2.75) is 11.8 Å². The first-order valence-electron chi connectivity index (χ1n) is 4.63. The Labute approximate surface area is 98.3 Å². The van der Waals surface area contributed by atoms with Gasteiger partial charge in [-0.05, 0) is 49.7 Å². The lowest BCUT2D eigenvalue weighted by molar-refractivity contribution is 1.03. The van der Waals surface area contributed by atoms with Crippen molar-refractivity contribution in [1.29, 1.82) is 0 Å². The van der Waals surface area contributed by atoms with Crippen LogP contribution < -0.4 is 0 Å². The number of hydrogen-bond donors (Lipinski definition) is 1. The van der Waals surface area contributed by atoms with Crippen LogP contribution in [0, 0.1) is 11.7 Å². The van der Waals surface area contributed by atoms with E-state index in [1.807, 2.05) is 17.7 Å². The molecule has 0 saturated carbocycles. The van der Waals surface area contributed by atoms with Crippen LogP contribution in [0.3, 0.4) is 0 Å². The molecule has 2 rings (SSSR count). The zero-order chi connectivity index (χ0) is 10.8. The molecule has 2 aromatic rings. The van der Waals surface area contributed by atoms with Gasteiger partial charge in [-0.3, -0.25) is 4.57 Å². The SMILES string of the molecule is CSc1ccc(-n2cc(C)[nH]c2=S)cc1. The molecule has 0 aliphatic carbocycles. The summed E-state index contributed by atoms with van der Waals surface area (Å²) < 4.78 is 2.72. The average Bonchev–Trinajstić information content (AvgIpc) is 2.58. The lowest BCUT2D eigenvalue weighted by Crippen LogP contribution is -1.91. The Hall–Kier alpha value is -1.00. The number of rotatable bonds is 2. The van der Waals surface area contributed by atoms with Crippen LogP contribution in [0.5, 0.6) is 0 Å². The number of H-pyrrole nitrogens is 1. The predicted octanol–water partition coefficient (Wildman–Crippen LogP) is 3.57. The number of benzene rings is 1. The number of aromatic nitrogens is 2. The number of thioether (sulfide) groups is 1. The zero-order valence-corrected chi connectivity index (χ0v) is 10.3. The van der Waals surface area contributed by atoms with Crippen LogP contribution in [0.25, 0.3) is 5.69 Å². The van der Waals surface area contributed by atoms with Crippen molar-refractivity contribution in [3.63, 3.8) is 0 Å². The fourth-order valence-corrected chi connectivity index (χ4v) is 2.18. The fraction of sp³-hybridized carbons (Fsp3) is 0.182. The Morgan fingerprint density at radius 1 is 1.27 bits per heavy atom. The molecule has 0 amide bonds. The van der Waals surface area contributed by atoms with Crippen LogP contribution in [0.2, 0.25) is 0 Å². The second-order valence-corrected chi connectivity index (χ2v) is 4.58. The number of aryl methyl sites for hydroxylation is 1. The molecule has 0 bridgehead atoms. The Morgan fingerprint density at radius 2 is 1.93 bits per heavy atom. The standard InChI is InChI=1S/C11H12N2S2/c1-8-7-13(11(14)12-8)9-3-5-10(15-2)6-4-9/h3-7H,1-2H3,(H,12,14). The molecule has 1 aromatic heterocycles. The lowest BCUT2D eigenvalue weighted by atomic mass is 10.3. The van der Waals surface area contributed by atoms with Crippen LogP contribution in [-0.4, -0.2) is 15.8 Å². The fourth-order valence-electron chi connectivity index (χ4n) is 1.45. The smallest absolute Gasteiger partial charge is 0.181 e. The third kappa shape index (κ3) is 2.16. The molecule has 2 nitrogen and oxygen atoms in total. The molecule has 15 heavy (non-hydrogen) atoms. The molecule has 1 N–H and O–H groups in total. The molecular formula is C11H12N2S2. The van der Waals surface area contributed by atoms with Crippen LogP contribution in [-0.2, 0) is 0 Å². The van der Waals surface area contributed by atoms with Gasteiger partial charge in [0.2, 0.25) is 0 Å². The van der Waals surface area contributed by atoms with Gasteiger partial charge in [0.05, 0.1) is 0 Å². The van der Waals surface area contributed by atoms with Gasteiger partial charge >= 0.3 is 0 Å². The number of nitrogens with zero attached hydrogens (tertiary/aromatic N) is 1.